The summed E-state index contributed by atoms with van der Waals surface area (Å²) in [6.45, 7) is 0.275. The first-order valence-corrected chi connectivity index (χ1v) is 6.48. The number of ether oxygens (including phenoxy) is 1. The van der Waals surface area contributed by atoms with Gasteiger partial charge in [0.25, 0.3) is 0 Å². The van der Waals surface area contributed by atoms with Crippen molar-refractivity contribution in [2.45, 2.75) is 6.61 Å². The summed E-state index contributed by atoms with van der Waals surface area (Å²) in [5.74, 6) is -0.821. The molecule has 19 heavy (non-hydrogen) atoms. The van der Waals surface area contributed by atoms with Crippen molar-refractivity contribution >= 4 is 28.6 Å². The molecule has 6 heteroatoms. The normalized spacial score (nSPS) is 10.4. The molecule has 0 aliphatic rings. The molecule has 0 bridgehead atoms. The quantitative estimate of drug-likeness (QED) is 0.827. The molecule has 0 aliphatic carbocycles. The molecule has 1 amide bonds. The van der Waals surface area contributed by atoms with Crippen molar-refractivity contribution in [3.05, 3.63) is 46.4 Å². The van der Waals surface area contributed by atoms with Gasteiger partial charge in [-0.1, -0.05) is 6.07 Å². The third-order valence-corrected chi connectivity index (χ3v) is 3.20. The van der Waals surface area contributed by atoms with Gasteiger partial charge >= 0.3 is 0 Å². The van der Waals surface area contributed by atoms with Gasteiger partial charge in [0.1, 0.15) is 12.4 Å². The average molecular weight is 280 g/mol. The first-order chi connectivity index (χ1) is 9.15. The van der Waals surface area contributed by atoms with Crippen molar-refractivity contribution in [3.8, 4) is 0 Å². The second-order valence-electron chi connectivity index (χ2n) is 3.85. The van der Waals surface area contributed by atoms with Gasteiger partial charge in [0, 0.05) is 4.88 Å². The van der Waals surface area contributed by atoms with E-state index in [0.29, 0.717) is 12.3 Å². The third-order valence-electron chi connectivity index (χ3n) is 2.35. The van der Waals surface area contributed by atoms with Crippen LogP contribution in [0.15, 0.2) is 35.7 Å². The highest BCUT2D eigenvalue weighted by atomic mass is 32.1. The van der Waals surface area contributed by atoms with E-state index in [9.17, 15) is 9.18 Å². The number of hydrogen-bond donors (Lipinski definition) is 2. The molecule has 4 nitrogen and oxygen atoms in total. The molecule has 1 aromatic heterocycles. The van der Waals surface area contributed by atoms with E-state index in [-0.39, 0.29) is 18.2 Å². The van der Waals surface area contributed by atoms with Crippen molar-refractivity contribution in [2.75, 3.05) is 17.7 Å². The largest absolute Gasteiger partial charge is 0.397 e. The number of anilines is 2. The fraction of sp³-hybridized carbons (Fsp3) is 0.154. The van der Waals surface area contributed by atoms with Crippen molar-refractivity contribution in [1.82, 2.24) is 0 Å². The number of benzene rings is 1. The van der Waals surface area contributed by atoms with Crippen LogP contribution in [-0.2, 0) is 16.1 Å². The molecular formula is C13H13FN2O2S. The van der Waals surface area contributed by atoms with Crippen molar-refractivity contribution < 1.29 is 13.9 Å². The van der Waals surface area contributed by atoms with E-state index in [1.54, 1.807) is 11.3 Å². The maximum Gasteiger partial charge on any atom is 0.250 e. The second-order valence-corrected chi connectivity index (χ2v) is 4.88. The number of carbonyl (C=O) groups excluding carboxylic acids is 1. The Bertz CT molecular complexity index is 558. The minimum Gasteiger partial charge on any atom is -0.397 e. The molecule has 2 rings (SSSR count). The van der Waals surface area contributed by atoms with Gasteiger partial charge in [-0.25, -0.2) is 4.39 Å². The average Bonchev–Trinajstić information content (AvgIpc) is 2.87. The first-order valence-electron chi connectivity index (χ1n) is 5.60. The van der Waals surface area contributed by atoms with Crippen LogP contribution in [0, 0.1) is 5.82 Å². The molecule has 100 valence electrons. The predicted molar refractivity (Wildman–Crippen MR) is 73.4 cm³/mol. The maximum absolute atomic E-state index is 13.0. The molecule has 0 spiro atoms. The third kappa shape index (κ3) is 4.04. The lowest BCUT2D eigenvalue weighted by molar-refractivity contribution is -0.120. The van der Waals surface area contributed by atoms with Gasteiger partial charge in [0.05, 0.1) is 18.0 Å². The lowest BCUT2D eigenvalue weighted by Gasteiger charge is -2.08. The first kappa shape index (κ1) is 13.5. The Hall–Kier alpha value is -1.92. The minimum absolute atomic E-state index is 0.103. The van der Waals surface area contributed by atoms with Crippen LogP contribution in [0.5, 0.6) is 0 Å². The van der Waals surface area contributed by atoms with E-state index >= 15 is 0 Å². The molecule has 1 heterocycles. The van der Waals surface area contributed by atoms with Crippen LogP contribution < -0.4 is 11.1 Å². The lowest BCUT2D eigenvalue weighted by atomic mass is 10.2. The van der Waals surface area contributed by atoms with E-state index < -0.39 is 5.82 Å². The summed E-state index contributed by atoms with van der Waals surface area (Å²) in [4.78, 5) is 12.6. The highest BCUT2D eigenvalue weighted by Gasteiger charge is 2.07. The zero-order valence-corrected chi connectivity index (χ0v) is 10.9. The number of rotatable bonds is 5. The van der Waals surface area contributed by atoms with Crippen LogP contribution in [0.4, 0.5) is 15.8 Å². The van der Waals surface area contributed by atoms with Gasteiger partial charge in [0.2, 0.25) is 5.91 Å². The Kier molecular flexibility index (Phi) is 4.48. The zero-order valence-electron chi connectivity index (χ0n) is 10.1. The Morgan fingerprint density at radius 3 is 3.00 bits per heavy atom. The van der Waals surface area contributed by atoms with Crippen molar-refractivity contribution in [3.63, 3.8) is 0 Å². The van der Waals surface area contributed by atoms with Crippen molar-refractivity contribution in [1.29, 1.82) is 0 Å². The predicted octanol–water partition coefficient (Wildman–Crippen LogP) is 2.62. The van der Waals surface area contributed by atoms with E-state index in [1.165, 1.54) is 18.2 Å². The van der Waals surface area contributed by atoms with Gasteiger partial charge in [-0.15, -0.1) is 11.3 Å². The molecule has 0 radical (unpaired) electrons. The highest BCUT2D eigenvalue weighted by molar-refractivity contribution is 7.09. The Morgan fingerprint density at radius 1 is 1.42 bits per heavy atom. The van der Waals surface area contributed by atoms with Crippen molar-refractivity contribution in [2.24, 2.45) is 0 Å². The molecule has 1 aromatic carbocycles. The Labute approximate surface area is 114 Å². The van der Waals surface area contributed by atoms with Crippen LogP contribution in [0.1, 0.15) is 4.88 Å². The van der Waals surface area contributed by atoms with Crippen LogP contribution in [0.3, 0.4) is 0 Å². The summed E-state index contributed by atoms with van der Waals surface area (Å²) in [7, 11) is 0. The standard InChI is InChI=1S/C13H13FN2O2S/c14-9-3-4-11(15)12(6-9)16-13(17)8-18-7-10-2-1-5-19-10/h1-6H,7-8,15H2,(H,16,17). The number of hydrogen-bond acceptors (Lipinski definition) is 4. The summed E-state index contributed by atoms with van der Waals surface area (Å²) in [6.07, 6.45) is 0. The van der Waals surface area contributed by atoms with Gasteiger partial charge in [-0.2, -0.15) is 0 Å². The molecule has 0 fully saturated rings. The Morgan fingerprint density at radius 2 is 2.26 bits per heavy atom. The number of nitrogens with two attached hydrogens (primary N) is 1. The zero-order chi connectivity index (χ0) is 13.7. The number of halogens is 1. The number of nitrogens with one attached hydrogen (secondary N) is 1. The topological polar surface area (TPSA) is 64.3 Å². The fourth-order valence-electron chi connectivity index (χ4n) is 1.46. The number of thiophene rings is 1. The maximum atomic E-state index is 13.0. The summed E-state index contributed by atoms with van der Waals surface area (Å²) in [5.41, 5.74) is 6.19. The molecule has 0 atom stereocenters. The van der Waals surface area contributed by atoms with Gasteiger partial charge < -0.3 is 15.8 Å². The monoisotopic (exact) mass is 280 g/mol. The molecular weight excluding hydrogens is 267 g/mol. The highest BCUT2D eigenvalue weighted by Crippen LogP contribution is 2.19. The molecule has 0 aliphatic heterocycles. The van der Waals surface area contributed by atoms with E-state index in [2.05, 4.69) is 5.32 Å². The van der Waals surface area contributed by atoms with E-state index in [0.717, 1.165) is 4.88 Å². The number of amides is 1. The Balaban J connectivity index is 1.82. The second kappa shape index (κ2) is 6.31. The SMILES string of the molecule is Nc1ccc(F)cc1NC(=O)COCc1cccs1. The lowest BCUT2D eigenvalue weighted by Crippen LogP contribution is -2.19. The van der Waals surface area contributed by atoms with E-state index in [1.807, 2.05) is 17.5 Å². The smallest absolute Gasteiger partial charge is 0.250 e. The minimum atomic E-state index is -0.455. The van der Waals surface area contributed by atoms with Crippen LogP contribution in [0.2, 0.25) is 0 Å². The summed E-state index contributed by atoms with van der Waals surface area (Å²) < 4.78 is 18.2. The van der Waals surface area contributed by atoms with Crippen LogP contribution in [0.25, 0.3) is 0 Å². The summed E-state index contributed by atoms with van der Waals surface area (Å²) in [6, 6.07) is 7.65. The number of nitrogen functional groups attached to an aromatic ring is 1. The van der Waals surface area contributed by atoms with Gasteiger partial charge in [-0.3, -0.25) is 4.79 Å². The number of carbonyl (C=O) groups is 1. The van der Waals surface area contributed by atoms with Gasteiger partial charge in [0.15, 0.2) is 0 Å². The summed E-state index contributed by atoms with van der Waals surface area (Å²) in [5, 5.41) is 4.44. The fourth-order valence-corrected chi connectivity index (χ4v) is 2.10. The molecule has 2 aromatic rings. The van der Waals surface area contributed by atoms with Crippen LogP contribution in [-0.4, -0.2) is 12.5 Å². The molecule has 0 saturated carbocycles. The molecule has 0 unspecified atom stereocenters. The summed E-state index contributed by atoms with van der Waals surface area (Å²) >= 11 is 1.56. The van der Waals surface area contributed by atoms with E-state index in [4.69, 9.17) is 10.5 Å². The molecule has 3 N–H and O–H groups in total. The molecule has 0 saturated heterocycles. The van der Waals surface area contributed by atoms with Gasteiger partial charge in [-0.05, 0) is 29.6 Å². The van der Waals surface area contributed by atoms with Crippen LogP contribution >= 0.6 is 11.3 Å².